The van der Waals surface area contributed by atoms with Gasteiger partial charge in [-0.1, -0.05) is 0 Å². The van der Waals surface area contributed by atoms with Crippen molar-refractivity contribution in [2.24, 2.45) is 5.41 Å². The number of carbonyl (C=O) groups excluding carboxylic acids is 1. The van der Waals surface area contributed by atoms with Crippen LogP contribution in [-0.2, 0) is 9.59 Å². The number of hydrogen-bond donors (Lipinski definition) is 2. The molecule has 2 aliphatic heterocycles. The number of carboxylic acids is 1. The van der Waals surface area contributed by atoms with Crippen LogP contribution in [0.2, 0.25) is 0 Å². The first kappa shape index (κ1) is 12.4. The van der Waals surface area contributed by atoms with E-state index in [1.54, 1.807) is 11.8 Å². The lowest BCUT2D eigenvalue weighted by Crippen LogP contribution is -2.52. The zero-order valence-electron chi connectivity index (χ0n) is 10.2. The molecule has 2 aliphatic rings. The van der Waals surface area contributed by atoms with E-state index in [4.69, 9.17) is 0 Å². The fourth-order valence-electron chi connectivity index (χ4n) is 2.72. The lowest BCUT2D eigenvalue weighted by atomic mass is 9.82. The maximum atomic E-state index is 12.2. The molecule has 1 unspecified atom stereocenters. The summed E-state index contributed by atoms with van der Waals surface area (Å²) in [6.45, 7) is 3.66. The van der Waals surface area contributed by atoms with Gasteiger partial charge in [-0.25, -0.2) is 0 Å². The number of piperidine rings is 1. The minimum atomic E-state index is -0.797. The number of likely N-dealkylation sites (tertiary alicyclic amines) is 1. The zero-order valence-corrected chi connectivity index (χ0v) is 10.2. The van der Waals surface area contributed by atoms with Crippen LogP contribution in [0.15, 0.2) is 0 Å². The first-order valence-corrected chi connectivity index (χ1v) is 6.28. The molecule has 0 aromatic heterocycles. The number of rotatable bonds is 2. The third-order valence-electron chi connectivity index (χ3n) is 3.88. The molecule has 2 saturated heterocycles. The molecule has 0 aromatic rings. The summed E-state index contributed by atoms with van der Waals surface area (Å²) < 4.78 is 0. The van der Waals surface area contributed by atoms with Crippen LogP contribution >= 0.6 is 0 Å². The summed E-state index contributed by atoms with van der Waals surface area (Å²) >= 11 is 0. The topological polar surface area (TPSA) is 69.6 Å². The van der Waals surface area contributed by atoms with Crippen molar-refractivity contribution >= 4 is 11.9 Å². The van der Waals surface area contributed by atoms with Gasteiger partial charge in [-0.15, -0.1) is 0 Å². The number of hydrogen-bond acceptors (Lipinski definition) is 3. The van der Waals surface area contributed by atoms with Crippen LogP contribution in [0.1, 0.15) is 32.6 Å². The first-order chi connectivity index (χ1) is 8.03. The van der Waals surface area contributed by atoms with Gasteiger partial charge in [-0.2, -0.15) is 0 Å². The molecule has 0 saturated carbocycles. The Labute approximate surface area is 101 Å². The van der Waals surface area contributed by atoms with Crippen molar-refractivity contribution in [1.82, 2.24) is 10.2 Å². The molecule has 0 aromatic carbocycles. The van der Waals surface area contributed by atoms with E-state index in [0.29, 0.717) is 19.5 Å². The van der Waals surface area contributed by atoms with Crippen LogP contribution in [0.3, 0.4) is 0 Å². The Bertz CT molecular complexity index is 326. The van der Waals surface area contributed by atoms with Gasteiger partial charge in [0.1, 0.15) is 0 Å². The highest BCUT2D eigenvalue weighted by molar-refractivity contribution is 5.83. The van der Waals surface area contributed by atoms with Gasteiger partial charge in [-0.05, 0) is 39.2 Å². The van der Waals surface area contributed by atoms with E-state index >= 15 is 0 Å². The van der Waals surface area contributed by atoms with E-state index in [2.05, 4.69) is 5.32 Å². The Hall–Kier alpha value is -1.10. The molecule has 0 spiro atoms. The number of amides is 1. The monoisotopic (exact) mass is 240 g/mol. The van der Waals surface area contributed by atoms with E-state index in [1.165, 1.54) is 0 Å². The Kier molecular flexibility index (Phi) is 3.38. The van der Waals surface area contributed by atoms with Crippen LogP contribution in [0.4, 0.5) is 0 Å². The molecular weight excluding hydrogens is 220 g/mol. The van der Waals surface area contributed by atoms with Crippen LogP contribution in [0.5, 0.6) is 0 Å². The minimum absolute atomic E-state index is 0.0784. The van der Waals surface area contributed by atoms with E-state index in [1.807, 2.05) is 0 Å². The zero-order chi connectivity index (χ0) is 12.5. The SMILES string of the molecule is CC1(C(=O)O)CCCN(C(=O)[C@@H]2CCCN2)C1. The summed E-state index contributed by atoms with van der Waals surface area (Å²) in [5.41, 5.74) is -0.771. The molecule has 2 rings (SSSR count). The lowest BCUT2D eigenvalue weighted by Gasteiger charge is -2.38. The molecule has 2 fully saturated rings. The predicted octanol–water partition coefficient (Wildman–Crippen LogP) is 0.452. The Morgan fingerprint density at radius 2 is 2.18 bits per heavy atom. The van der Waals surface area contributed by atoms with Crippen molar-refractivity contribution in [3.63, 3.8) is 0 Å². The molecule has 5 heteroatoms. The van der Waals surface area contributed by atoms with Crippen LogP contribution < -0.4 is 5.32 Å². The number of nitrogens with one attached hydrogen (secondary N) is 1. The average Bonchev–Trinajstić information content (AvgIpc) is 2.81. The van der Waals surface area contributed by atoms with E-state index in [0.717, 1.165) is 25.8 Å². The van der Waals surface area contributed by atoms with Gasteiger partial charge in [0.15, 0.2) is 0 Å². The molecular formula is C12H20N2O3. The Morgan fingerprint density at radius 3 is 2.76 bits per heavy atom. The molecule has 2 N–H and O–H groups in total. The predicted molar refractivity (Wildman–Crippen MR) is 62.6 cm³/mol. The van der Waals surface area contributed by atoms with Gasteiger partial charge in [-0.3, -0.25) is 9.59 Å². The van der Waals surface area contributed by atoms with Crippen molar-refractivity contribution in [2.75, 3.05) is 19.6 Å². The molecule has 0 radical (unpaired) electrons. The second kappa shape index (κ2) is 4.64. The molecule has 1 amide bonds. The van der Waals surface area contributed by atoms with Gasteiger partial charge in [0.2, 0.25) is 5.91 Å². The molecule has 2 heterocycles. The highest BCUT2D eigenvalue weighted by atomic mass is 16.4. The number of carbonyl (C=O) groups is 2. The van der Waals surface area contributed by atoms with Crippen molar-refractivity contribution in [3.05, 3.63) is 0 Å². The highest BCUT2D eigenvalue weighted by Gasteiger charge is 2.40. The van der Waals surface area contributed by atoms with Crippen molar-refractivity contribution < 1.29 is 14.7 Å². The summed E-state index contributed by atoms with van der Waals surface area (Å²) in [5, 5.41) is 12.4. The molecule has 0 aliphatic carbocycles. The molecule has 5 nitrogen and oxygen atoms in total. The summed E-state index contributed by atoms with van der Waals surface area (Å²) in [6, 6.07) is -0.0915. The average molecular weight is 240 g/mol. The van der Waals surface area contributed by atoms with Gasteiger partial charge in [0.05, 0.1) is 11.5 Å². The molecule has 2 atom stereocenters. The Balaban J connectivity index is 2.01. The smallest absolute Gasteiger partial charge is 0.311 e. The van der Waals surface area contributed by atoms with E-state index in [9.17, 15) is 14.7 Å². The number of carboxylic acid groups (broad SMARTS) is 1. The molecule has 17 heavy (non-hydrogen) atoms. The van der Waals surface area contributed by atoms with Crippen molar-refractivity contribution in [2.45, 2.75) is 38.6 Å². The van der Waals surface area contributed by atoms with Crippen molar-refractivity contribution in [1.29, 1.82) is 0 Å². The summed E-state index contributed by atoms with van der Waals surface area (Å²) in [7, 11) is 0. The molecule has 96 valence electrons. The third kappa shape index (κ3) is 2.44. The summed E-state index contributed by atoms with van der Waals surface area (Å²) in [4.78, 5) is 25.1. The summed E-state index contributed by atoms with van der Waals surface area (Å²) in [6.07, 6.45) is 3.34. The van der Waals surface area contributed by atoms with Crippen LogP contribution in [0, 0.1) is 5.41 Å². The van der Waals surface area contributed by atoms with E-state index in [-0.39, 0.29) is 11.9 Å². The largest absolute Gasteiger partial charge is 0.481 e. The second-order valence-electron chi connectivity index (χ2n) is 5.38. The first-order valence-electron chi connectivity index (χ1n) is 6.28. The third-order valence-corrected chi connectivity index (χ3v) is 3.88. The van der Waals surface area contributed by atoms with Gasteiger partial charge in [0.25, 0.3) is 0 Å². The minimum Gasteiger partial charge on any atom is -0.481 e. The number of aliphatic carboxylic acids is 1. The Morgan fingerprint density at radius 1 is 1.41 bits per heavy atom. The van der Waals surface area contributed by atoms with Gasteiger partial charge < -0.3 is 15.3 Å². The second-order valence-corrected chi connectivity index (χ2v) is 5.38. The normalized spacial score (nSPS) is 33.7. The maximum absolute atomic E-state index is 12.2. The fraction of sp³-hybridized carbons (Fsp3) is 0.833. The maximum Gasteiger partial charge on any atom is 0.311 e. The standard InChI is InChI=1S/C12H20N2O3/c1-12(11(16)17)5-3-7-14(8-12)10(15)9-4-2-6-13-9/h9,13H,2-8H2,1H3,(H,16,17)/t9-,12?/m0/s1. The lowest BCUT2D eigenvalue weighted by molar-refractivity contribution is -0.153. The van der Waals surface area contributed by atoms with Crippen molar-refractivity contribution in [3.8, 4) is 0 Å². The van der Waals surface area contributed by atoms with Crippen LogP contribution in [-0.4, -0.2) is 47.6 Å². The molecule has 0 bridgehead atoms. The quantitative estimate of drug-likeness (QED) is 0.735. The van der Waals surface area contributed by atoms with Gasteiger partial charge in [0, 0.05) is 13.1 Å². The summed E-state index contributed by atoms with van der Waals surface area (Å²) in [5.74, 6) is -0.718. The fourth-order valence-corrected chi connectivity index (χ4v) is 2.72. The van der Waals surface area contributed by atoms with E-state index < -0.39 is 11.4 Å². The highest BCUT2D eigenvalue weighted by Crippen LogP contribution is 2.30. The van der Waals surface area contributed by atoms with Crippen LogP contribution in [0.25, 0.3) is 0 Å². The van der Waals surface area contributed by atoms with Gasteiger partial charge >= 0.3 is 5.97 Å². The number of nitrogens with zero attached hydrogens (tertiary/aromatic N) is 1.